The third kappa shape index (κ3) is 5.79. The number of likely N-dealkylation sites (tertiary alicyclic amines) is 1. The van der Waals surface area contributed by atoms with Gasteiger partial charge < -0.3 is 16.0 Å². The summed E-state index contributed by atoms with van der Waals surface area (Å²) in [5, 5.41) is 11.8. The fourth-order valence-corrected chi connectivity index (χ4v) is 3.45. The number of pyridine rings is 1. The van der Waals surface area contributed by atoms with E-state index in [9.17, 15) is 14.4 Å². The largest absolute Gasteiger partial charge is 0.371 e. The summed E-state index contributed by atoms with van der Waals surface area (Å²) in [6.45, 7) is 0.775. The second-order valence-corrected chi connectivity index (χ2v) is 7.39. The predicted molar refractivity (Wildman–Crippen MR) is 120 cm³/mol. The minimum absolute atomic E-state index is 0.190. The van der Waals surface area contributed by atoms with Crippen molar-refractivity contribution in [1.29, 1.82) is 0 Å². The molecule has 166 valence electrons. The quantitative estimate of drug-likeness (QED) is 0.296. The monoisotopic (exact) mass is 435 g/mol. The lowest BCUT2D eigenvalue weighted by Gasteiger charge is -2.40. The van der Waals surface area contributed by atoms with Crippen LogP contribution in [0.2, 0.25) is 0 Å². The zero-order valence-electron chi connectivity index (χ0n) is 17.4. The van der Waals surface area contributed by atoms with Crippen molar-refractivity contribution in [2.75, 3.05) is 18.4 Å². The van der Waals surface area contributed by atoms with Crippen LogP contribution in [0.5, 0.6) is 0 Å². The van der Waals surface area contributed by atoms with Gasteiger partial charge in [0.1, 0.15) is 5.54 Å². The van der Waals surface area contributed by atoms with Gasteiger partial charge in [-0.15, -0.1) is 0 Å². The Kier molecular flexibility index (Phi) is 7.35. The molecule has 0 bridgehead atoms. The fourth-order valence-electron chi connectivity index (χ4n) is 3.45. The minimum Gasteiger partial charge on any atom is -0.371 e. The molecule has 0 atom stereocenters. The van der Waals surface area contributed by atoms with Crippen LogP contribution in [0.25, 0.3) is 12.2 Å². The summed E-state index contributed by atoms with van der Waals surface area (Å²) in [5.41, 5.74) is 8.15. The highest BCUT2D eigenvalue weighted by Crippen LogP contribution is 2.27. The number of hydrogen-bond acceptors (Lipinski definition) is 6. The molecule has 0 aliphatic carbocycles. The summed E-state index contributed by atoms with van der Waals surface area (Å²) in [6, 6.07) is 14.5. The van der Waals surface area contributed by atoms with Crippen molar-refractivity contribution in [3.05, 3.63) is 72.1 Å². The molecule has 32 heavy (non-hydrogen) atoms. The summed E-state index contributed by atoms with van der Waals surface area (Å²) in [7, 11) is 0. The summed E-state index contributed by atoms with van der Waals surface area (Å²) < 4.78 is 0. The Morgan fingerprint density at radius 2 is 1.59 bits per heavy atom. The summed E-state index contributed by atoms with van der Waals surface area (Å²) >= 11 is 0. The molecule has 1 aliphatic heterocycles. The zero-order valence-corrected chi connectivity index (χ0v) is 17.4. The van der Waals surface area contributed by atoms with Crippen LogP contribution < -0.4 is 16.5 Å². The first kappa shape index (κ1) is 22.7. The van der Waals surface area contributed by atoms with Gasteiger partial charge >= 0.3 is 0 Å². The number of benzene rings is 1. The van der Waals surface area contributed by atoms with Crippen LogP contribution in [0.15, 0.2) is 60.7 Å². The van der Waals surface area contributed by atoms with Gasteiger partial charge in [-0.3, -0.25) is 19.6 Å². The third-order valence-corrected chi connectivity index (χ3v) is 5.26. The van der Waals surface area contributed by atoms with Crippen molar-refractivity contribution < 1.29 is 19.6 Å². The van der Waals surface area contributed by atoms with Crippen molar-refractivity contribution in [3.8, 4) is 0 Å². The highest BCUT2D eigenvalue weighted by Gasteiger charge is 2.40. The van der Waals surface area contributed by atoms with E-state index in [1.54, 1.807) is 29.2 Å². The van der Waals surface area contributed by atoms with Crippen LogP contribution in [0.3, 0.4) is 0 Å². The molecule has 2 aromatic rings. The fraction of sp³-hybridized carbons (Fsp3) is 0.217. The summed E-state index contributed by atoms with van der Waals surface area (Å²) in [6.07, 6.45) is 6.41. The molecule has 3 amide bonds. The highest BCUT2D eigenvalue weighted by molar-refractivity contribution is 5.93. The van der Waals surface area contributed by atoms with E-state index in [1.165, 1.54) is 17.6 Å². The van der Waals surface area contributed by atoms with Crippen LogP contribution in [0, 0.1) is 0 Å². The van der Waals surface area contributed by atoms with Crippen molar-refractivity contribution in [2.45, 2.75) is 18.4 Å². The lowest BCUT2D eigenvalue weighted by Crippen LogP contribution is -2.57. The first-order chi connectivity index (χ1) is 15.4. The van der Waals surface area contributed by atoms with Crippen LogP contribution in [-0.2, 0) is 14.4 Å². The molecular weight excluding hydrogens is 410 g/mol. The van der Waals surface area contributed by atoms with Crippen molar-refractivity contribution in [3.63, 3.8) is 0 Å². The Balaban J connectivity index is 1.61. The Hall–Kier alpha value is -3.98. The van der Waals surface area contributed by atoms with Gasteiger partial charge in [-0.1, -0.05) is 24.3 Å². The van der Waals surface area contributed by atoms with E-state index in [0.717, 1.165) is 11.8 Å². The number of piperidine rings is 1. The molecular formula is C23H25N5O4. The van der Waals surface area contributed by atoms with E-state index in [1.807, 2.05) is 30.3 Å². The number of hydroxylamine groups is 1. The molecule has 9 heteroatoms. The number of aromatic nitrogens is 1. The van der Waals surface area contributed by atoms with Gasteiger partial charge in [-0.05, 0) is 49.3 Å². The lowest BCUT2D eigenvalue weighted by atomic mass is 9.86. The maximum absolute atomic E-state index is 12.6. The van der Waals surface area contributed by atoms with Gasteiger partial charge in [-0.2, -0.15) is 0 Å². The number of rotatable bonds is 7. The van der Waals surface area contributed by atoms with Crippen LogP contribution in [0.1, 0.15) is 24.2 Å². The number of amides is 3. The lowest BCUT2D eigenvalue weighted by molar-refractivity contribution is -0.131. The number of para-hydroxylation sites is 1. The molecule has 1 fully saturated rings. The Labute approximate surface area is 185 Å². The molecule has 1 aromatic heterocycles. The first-order valence-corrected chi connectivity index (χ1v) is 10.1. The van der Waals surface area contributed by atoms with E-state index in [-0.39, 0.29) is 5.91 Å². The third-order valence-electron chi connectivity index (χ3n) is 5.26. The van der Waals surface area contributed by atoms with Crippen molar-refractivity contribution in [1.82, 2.24) is 15.4 Å². The SMILES string of the molecule is NC(=O)C1(Nc2ccccc2)CCN(C(=O)/C=C/c2cccc(/C=C/C(=O)NO)n2)CC1. The van der Waals surface area contributed by atoms with Gasteiger partial charge in [0.2, 0.25) is 11.8 Å². The molecule has 5 N–H and O–H groups in total. The first-order valence-electron chi connectivity index (χ1n) is 10.1. The topological polar surface area (TPSA) is 138 Å². The number of carbonyl (C=O) groups is 3. The molecule has 0 spiro atoms. The number of anilines is 1. The molecule has 3 rings (SSSR count). The standard InChI is InChI=1S/C23H25N5O4/c24-22(31)23(26-19-5-2-1-3-6-19)13-15-28(16-14-23)21(30)12-10-18-8-4-7-17(25-18)9-11-20(29)27-32/h1-12,26,32H,13-16H2,(H2,24,31)(H,27,29)/b11-9+,12-10+. The maximum atomic E-state index is 12.6. The van der Waals surface area contributed by atoms with Gasteiger partial charge in [0, 0.05) is 30.9 Å². The van der Waals surface area contributed by atoms with E-state index >= 15 is 0 Å². The molecule has 1 aliphatic rings. The summed E-state index contributed by atoms with van der Waals surface area (Å²) in [4.78, 5) is 41.9. The van der Waals surface area contributed by atoms with E-state index in [2.05, 4.69) is 10.3 Å². The van der Waals surface area contributed by atoms with Gasteiger partial charge in [0.05, 0.1) is 11.4 Å². The Bertz CT molecular complexity index is 1030. The molecule has 9 nitrogen and oxygen atoms in total. The normalized spacial score (nSPS) is 15.6. The number of primary amides is 1. The Morgan fingerprint density at radius 1 is 0.969 bits per heavy atom. The molecule has 0 radical (unpaired) electrons. The molecule has 0 unspecified atom stereocenters. The maximum Gasteiger partial charge on any atom is 0.267 e. The summed E-state index contributed by atoms with van der Waals surface area (Å²) in [5.74, 6) is -1.29. The van der Waals surface area contributed by atoms with Crippen LogP contribution in [-0.4, -0.2) is 51.4 Å². The second-order valence-electron chi connectivity index (χ2n) is 7.39. The number of nitrogens with one attached hydrogen (secondary N) is 2. The smallest absolute Gasteiger partial charge is 0.267 e. The Morgan fingerprint density at radius 3 is 2.19 bits per heavy atom. The number of nitrogens with zero attached hydrogens (tertiary/aromatic N) is 2. The number of carbonyl (C=O) groups excluding carboxylic acids is 3. The van der Waals surface area contributed by atoms with Crippen molar-refractivity contribution in [2.24, 2.45) is 5.73 Å². The second kappa shape index (κ2) is 10.4. The predicted octanol–water partition coefficient (Wildman–Crippen LogP) is 1.57. The number of nitrogens with two attached hydrogens (primary N) is 1. The van der Waals surface area contributed by atoms with Crippen LogP contribution in [0.4, 0.5) is 5.69 Å². The van der Waals surface area contributed by atoms with Gasteiger partial charge in [0.15, 0.2) is 0 Å². The minimum atomic E-state index is -0.898. The highest BCUT2D eigenvalue weighted by atomic mass is 16.5. The zero-order chi connectivity index (χ0) is 23.0. The molecule has 1 saturated heterocycles. The van der Waals surface area contributed by atoms with Gasteiger partial charge in [-0.25, -0.2) is 10.5 Å². The van der Waals surface area contributed by atoms with E-state index < -0.39 is 17.4 Å². The average molecular weight is 435 g/mol. The van der Waals surface area contributed by atoms with E-state index in [4.69, 9.17) is 10.9 Å². The molecule has 1 aromatic carbocycles. The molecule has 0 saturated carbocycles. The molecule has 2 heterocycles. The average Bonchev–Trinajstić information content (AvgIpc) is 2.82. The van der Waals surface area contributed by atoms with Crippen molar-refractivity contribution >= 4 is 35.6 Å². The van der Waals surface area contributed by atoms with Gasteiger partial charge in [0.25, 0.3) is 5.91 Å². The van der Waals surface area contributed by atoms with E-state index in [0.29, 0.717) is 37.3 Å². The van der Waals surface area contributed by atoms with Crippen LogP contribution >= 0.6 is 0 Å². The number of hydrogen-bond donors (Lipinski definition) is 4.